The fourth-order valence-corrected chi connectivity index (χ4v) is 8.01. The molecule has 1 N–H and O–H groups in total. The van der Waals surface area contributed by atoms with Gasteiger partial charge in [0.2, 0.25) is 0 Å². The molecule has 0 unspecified atom stereocenters. The molecule has 152 valence electrons. The van der Waals surface area contributed by atoms with E-state index in [9.17, 15) is 4.79 Å². The molecule has 1 aliphatic heterocycles. The zero-order valence-corrected chi connectivity index (χ0v) is 19.7. The monoisotopic (exact) mass is 497 g/mol. The van der Waals surface area contributed by atoms with Crippen molar-refractivity contribution in [2.75, 3.05) is 0 Å². The van der Waals surface area contributed by atoms with Crippen LogP contribution in [0.25, 0.3) is 0 Å². The van der Waals surface area contributed by atoms with E-state index in [1.165, 1.54) is 6.08 Å². The number of cyclic esters (lactones) is 1. The summed E-state index contributed by atoms with van der Waals surface area (Å²) < 4.78 is 6.63. The molecule has 1 aliphatic rings. The zero-order chi connectivity index (χ0) is 21.2. The SMILES string of the molecule is C[C@](NP(=S)(c1ccccc1)c1ccccc1)(c1cccc(Br)c1)[C@H]1C=CC(=O)O1. The van der Waals surface area contributed by atoms with Crippen LogP contribution < -0.4 is 15.7 Å². The maximum absolute atomic E-state index is 11.9. The van der Waals surface area contributed by atoms with Gasteiger partial charge in [0.05, 0.1) is 11.7 Å². The van der Waals surface area contributed by atoms with Gasteiger partial charge in [-0.05, 0) is 30.7 Å². The molecule has 0 amide bonds. The topological polar surface area (TPSA) is 38.3 Å². The molecular weight excluding hydrogens is 477 g/mol. The molecule has 3 nitrogen and oxygen atoms in total. The van der Waals surface area contributed by atoms with Crippen molar-refractivity contribution in [1.29, 1.82) is 0 Å². The number of hydrogen-bond acceptors (Lipinski definition) is 3. The van der Waals surface area contributed by atoms with Gasteiger partial charge in [0.15, 0.2) is 0 Å². The Bertz CT molecular complexity index is 1090. The molecular formula is C24H21BrNO2PS. The Balaban J connectivity index is 1.89. The molecule has 3 aromatic rings. The van der Waals surface area contributed by atoms with Gasteiger partial charge >= 0.3 is 5.97 Å². The van der Waals surface area contributed by atoms with Crippen LogP contribution in [0.1, 0.15) is 12.5 Å². The van der Waals surface area contributed by atoms with E-state index < -0.39 is 17.8 Å². The van der Waals surface area contributed by atoms with Gasteiger partial charge in [-0.15, -0.1) is 0 Å². The highest BCUT2D eigenvalue weighted by Gasteiger charge is 2.43. The lowest BCUT2D eigenvalue weighted by Gasteiger charge is -2.41. The lowest BCUT2D eigenvalue weighted by atomic mass is 9.87. The van der Waals surface area contributed by atoms with Gasteiger partial charge < -0.3 is 4.74 Å². The van der Waals surface area contributed by atoms with E-state index in [1.54, 1.807) is 0 Å². The van der Waals surface area contributed by atoms with Gasteiger partial charge in [-0.25, -0.2) is 4.79 Å². The molecule has 0 saturated heterocycles. The maximum atomic E-state index is 11.9. The Labute approximate surface area is 190 Å². The summed E-state index contributed by atoms with van der Waals surface area (Å²) in [4.78, 5) is 11.9. The van der Waals surface area contributed by atoms with Crippen molar-refractivity contribution in [3.63, 3.8) is 0 Å². The summed E-state index contributed by atoms with van der Waals surface area (Å²) in [5.41, 5.74) is 0.260. The zero-order valence-electron chi connectivity index (χ0n) is 16.4. The Morgan fingerprint density at radius 3 is 2.07 bits per heavy atom. The molecule has 4 rings (SSSR count). The van der Waals surface area contributed by atoms with Crippen LogP contribution in [0.4, 0.5) is 0 Å². The number of carbonyl (C=O) groups excluding carboxylic acids is 1. The van der Waals surface area contributed by atoms with E-state index in [1.807, 2.05) is 66.7 Å². The van der Waals surface area contributed by atoms with Gasteiger partial charge in [0.1, 0.15) is 6.10 Å². The normalized spacial score (nSPS) is 18.1. The lowest BCUT2D eigenvalue weighted by molar-refractivity contribution is -0.141. The quantitative estimate of drug-likeness (QED) is 0.392. The van der Waals surface area contributed by atoms with Crippen molar-refractivity contribution in [1.82, 2.24) is 5.09 Å². The fourth-order valence-electron chi connectivity index (χ4n) is 3.67. The molecule has 0 radical (unpaired) electrons. The third kappa shape index (κ3) is 4.08. The Kier molecular flexibility index (Phi) is 6.08. The van der Waals surface area contributed by atoms with E-state index >= 15 is 0 Å². The average molecular weight is 498 g/mol. The van der Waals surface area contributed by atoms with Gasteiger partial charge in [-0.3, -0.25) is 5.09 Å². The van der Waals surface area contributed by atoms with Crippen LogP contribution in [-0.2, 0) is 26.9 Å². The molecule has 0 bridgehead atoms. The number of halogens is 1. The molecule has 2 atom stereocenters. The van der Waals surface area contributed by atoms with E-state index in [0.717, 1.165) is 20.6 Å². The Hall–Kier alpha value is -2.04. The van der Waals surface area contributed by atoms with Crippen LogP contribution >= 0.6 is 22.1 Å². The first kappa shape index (κ1) is 21.2. The van der Waals surface area contributed by atoms with Crippen molar-refractivity contribution in [2.24, 2.45) is 0 Å². The van der Waals surface area contributed by atoms with Crippen molar-refractivity contribution < 1.29 is 9.53 Å². The van der Waals surface area contributed by atoms with E-state index in [0.29, 0.717) is 0 Å². The number of benzene rings is 3. The second-order valence-electron chi connectivity index (χ2n) is 7.32. The first-order valence-electron chi connectivity index (χ1n) is 9.57. The lowest BCUT2D eigenvalue weighted by Crippen LogP contribution is -2.50. The molecule has 0 fully saturated rings. The molecule has 0 aromatic heterocycles. The number of hydrogen-bond donors (Lipinski definition) is 1. The average Bonchev–Trinajstić information content (AvgIpc) is 3.22. The molecule has 1 heterocycles. The van der Waals surface area contributed by atoms with Gasteiger partial charge in [0.25, 0.3) is 0 Å². The highest BCUT2D eigenvalue weighted by Crippen LogP contribution is 2.46. The Morgan fingerprint density at radius 2 is 1.57 bits per heavy atom. The van der Waals surface area contributed by atoms with E-state index in [-0.39, 0.29) is 5.97 Å². The number of ether oxygens (including phenoxy) is 1. The summed E-state index contributed by atoms with van der Waals surface area (Å²) in [6.07, 6.45) is 0.361. The minimum Gasteiger partial charge on any atom is -0.453 e. The first-order chi connectivity index (χ1) is 14.4. The molecule has 0 spiro atoms. The second kappa shape index (κ2) is 8.60. The molecule has 0 aliphatic carbocycles. The van der Waals surface area contributed by atoms with Crippen LogP contribution in [0.5, 0.6) is 0 Å². The summed E-state index contributed by atoms with van der Waals surface area (Å²) in [6, 6.07) is 28.3. The number of rotatable bonds is 6. The molecule has 6 heteroatoms. The highest BCUT2D eigenvalue weighted by molar-refractivity contribution is 9.10. The fraction of sp³-hybridized carbons (Fsp3) is 0.125. The minimum absolute atomic E-state index is 0.337. The highest BCUT2D eigenvalue weighted by atomic mass is 79.9. The standard InChI is InChI=1S/C24H21BrNO2PS/c1-24(22-15-16-23(27)28-22,18-9-8-10-19(25)17-18)26-29(30,20-11-4-2-5-12-20)21-13-6-3-7-14-21/h2-17,22H,1H3,(H,26,30)/t22-,24+/m1/s1. The number of carbonyl (C=O) groups is 1. The number of esters is 1. The third-order valence-electron chi connectivity index (χ3n) is 5.27. The summed E-state index contributed by atoms with van der Waals surface area (Å²) in [5.74, 6) is -0.337. The summed E-state index contributed by atoms with van der Waals surface area (Å²) >= 11 is 9.98. The van der Waals surface area contributed by atoms with Gasteiger partial charge in [-0.1, -0.05) is 101 Å². The summed E-state index contributed by atoms with van der Waals surface area (Å²) in [6.45, 7) is 2.05. The van der Waals surface area contributed by atoms with Crippen LogP contribution in [0.15, 0.2) is 102 Å². The van der Waals surface area contributed by atoms with Crippen LogP contribution in [0, 0.1) is 0 Å². The summed E-state index contributed by atoms with van der Waals surface area (Å²) in [5, 5.41) is 5.93. The smallest absolute Gasteiger partial charge is 0.331 e. The van der Waals surface area contributed by atoms with Crippen LogP contribution in [-0.4, -0.2) is 12.1 Å². The maximum Gasteiger partial charge on any atom is 0.331 e. The van der Waals surface area contributed by atoms with Gasteiger partial charge in [-0.2, -0.15) is 0 Å². The van der Waals surface area contributed by atoms with E-state index in [4.69, 9.17) is 16.5 Å². The van der Waals surface area contributed by atoms with Crippen molar-refractivity contribution in [3.05, 3.63) is 107 Å². The van der Waals surface area contributed by atoms with Crippen molar-refractivity contribution in [3.8, 4) is 0 Å². The minimum atomic E-state index is -2.46. The number of nitrogens with one attached hydrogen (secondary N) is 1. The van der Waals surface area contributed by atoms with Crippen molar-refractivity contribution >= 4 is 50.5 Å². The predicted molar refractivity (Wildman–Crippen MR) is 130 cm³/mol. The molecule has 30 heavy (non-hydrogen) atoms. The largest absolute Gasteiger partial charge is 0.453 e. The summed E-state index contributed by atoms with van der Waals surface area (Å²) in [7, 11) is 0. The van der Waals surface area contributed by atoms with E-state index in [2.05, 4.69) is 52.2 Å². The Morgan fingerprint density at radius 1 is 0.967 bits per heavy atom. The third-order valence-corrected chi connectivity index (χ3v) is 10.1. The second-order valence-corrected chi connectivity index (χ2v) is 12.4. The first-order valence-corrected chi connectivity index (χ1v) is 13.2. The molecule has 3 aromatic carbocycles. The molecule has 0 saturated carbocycles. The van der Waals surface area contributed by atoms with Gasteiger partial charge in [0, 0.05) is 21.2 Å². The van der Waals surface area contributed by atoms with Crippen molar-refractivity contribution in [2.45, 2.75) is 18.6 Å². The van der Waals surface area contributed by atoms with Crippen LogP contribution in [0.2, 0.25) is 0 Å². The predicted octanol–water partition coefficient (Wildman–Crippen LogP) is 4.78. The van der Waals surface area contributed by atoms with Crippen LogP contribution in [0.3, 0.4) is 0 Å².